The number of fused-ring (bicyclic) bond motifs is 1. The number of carbonyl (C=O) groups is 1. The molecule has 9 heteroatoms. The molecule has 3 N–H and O–H groups in total. The maximum Gasteiger partial charge on any atom is 0.356 e. The SMILES string of the molecule is O=C(O)c1cc(CNc2ncnc3cc(C4CC4)nn23)[nH]n1. The number of carboxylic acid groups (broad SMARTS) is 1. The Morgan fingerprint density at radius 1 is 1.41 bits per heavy atom. The van der Waals surface area contributed by atoms with Crippen LogP contribution >= 0.6 is 0 Å². The van der Waals surface area contributed by atoms with E-state index in [9.17, 15) is 4.79 Å². The number of aromatic amines is 1. The molecule has 1 aliphatic carbocycles. The van der Waals surface area contributed by atoms with Crippen molar-refractivity contribution >= 4 is 17.6 Å². The van der Waals surface area contributed by atoms with Gasteiger partial charge in [-0.15, -0.1) is 0 Å². The zero-order valence-corrected chi connectivity index (χ0v) is 11.5. The van der Waals surface area contributed by atoms with Crippen LogP contribution in [0.5, 0.6) is 0 Å². The fraction of sp³-hybridized carbons (Fsp3) is 0.308. The lowest BCUT2D eigenvalue weighted by Gasteiger charge is -2.04. The number of nitrogens with one attached hydrogen (secondary N) is 2. The highest BCUT2D eigenvalue weighted by Gasteiger charge is 2.27. The molecule has 3 aromatic rings. The van der Waals surface area contributed by atoms with E-state index in [1.165, 1.54) is 25.2 Å². The molecule has 22 heavy (non-hydrogen) atoms. The maximum absolute atomic E-state index is 10.8. The Labute approximate surface area is 124 Å². The Kier molecular flexibility index (Phi) is 2.78. The summed E-state index contributed by atoms with van der Waals surface area (Å²) in [5, 5.41) is 22.9. The Morgan fingerprint density at radius 3 is 3.00 bits per heavy atom. The van der Waals surface area contributed by atoms with Crippen LogP contribution in [0.25, 0.3) is 5.65 Å². The second kappa shape index (κ2) is 4.79. The van der Waals surface area contributed by atoms with Crippen molar-refractivity contribution in [2.45, 2.75) is 25.3 Å². The smallest absolute Gasteiger partial charge is 0.356 e. The van der Waals surface area contributed by atoms with Gasteiger partial charge in [0, 0.05) is 12.0 Å². The molecular formula is C13H13N7O2. The van der Waals surface area contributed by atoms with E-state index in [0.29, 0.717) is 24.1 Å². The minimum absolute atomic E-state index is 0.0141. The van der Waals surface area contributed by atoms with Crippen molar-refractivity contribution in [1.29, 1.82) is 0 Å². The summed E-state index contributed by atoms with van der Waals surface area (Å²) >= 11 is 0. The Balaban J connectivity index is 1.56. The first-order chi connectivity index (χ1) is 10.7. The van der Waals surface area contributed by atoms with Gasteiger partial charge in [-0.2, -0.15) is 14.7 Å². The van der Waals surface area contributed by atoms with Crippen LogP contribution in [0.1, 0.15) is 40.6 Å². The molecular weight excluding hydrogens is 286 g/mol. The molecule has 0 atom stereocenters. The van der Waals surface area contributed by atoms with Crippen LogP contribution in [0.4, 0.5) is 5.95 Å². The second-order valence-electron chi connectivity index (χ2n) is 5.25. The number of aromatic nitrogens is 6. The van der Waals surface area contributed by atoms with E-state index in [1.54, 1.807) is 4.52 Å². The molecule has 112 valence electrons. The monoisotopic (exact) mass is 299 g/mol. The lowest BCUT2D eigenvalue weighted by molar-refractivity contribution is 0.0690. The second-order valence-corrected chi connectivity index (χ2v) is 5.25. The van der Waals surface area contributed by atoms with Gasteiger partial charge in [-0.25, -0.2) is 14.8 Å². The highest BCUT2D eigenvalue weighted by atomic mass is 16.4. The molecule has 0 aliphatic heterocycles. The van der Waals surface area contributed by atoms with E-state index in [2.05, 4.69) is 30.6 Å². The van der Waals surface area contributed by atoms with Crippen molar-refractivity contribution in [3.63, 3.8) is 0 Å². The first kappa shape index (κ1) is 12.7. The molecule has 0 amide bonds. The summed E-state index contributed by atoms with van der Waals surface area (Å²) in [6.45, 7) is 0.366. The first-order valence-corrected chi connectivity index (χ1v) is 6.93. The fourth-order valence-electron chi connectivity index (χ4n) is 2.27. The van der Waals surface area contributed by atoms with Crippen molar-refractivity contribution < 1.29 is 9.90 Å². The average molecular weight is 299 g/mol. The predicted molar refractivity (Wildman–Crippen MR) is 75.6 cm³/mol. The highest BCUT2D eigenvalue weighted by Crippen LogP contribution is 2.39. The van der Waals surface area contributed by atoms with Crippen molar-refractivity contribution in [1.82, 2.24) is 29.8 Å². The molecule has 0 bridgehead atoms. The molecule has 0 spiro atoms. The van der Waals surface area contributed by atoms with Crippen LogP contribution in [0, 0.1) is 0 Å². The molecule has 1 fully saturated rings. The van der Waals surface area contributed by atoms with E-state index >= 15 is 0 Å². The number of carboxylic acids is 1. The minimum Gasteiger partial charge on any atom is -0.476 e. The predicted octanol–water partition coefficient (Wildman–Crippen LogP) is 1.04. The molecule has 3 aromatic heterocycles. The van der Waals surface area contributed by atoms with Crippen LogP contribution in [0.2, 0.25) is 0 Å². The Bertz CT molecular complexity index is 849. The Hall–Kier alpha value is -2.97. The number of hydrogen-bond acceptors (Lipinski definition) is 6. The Morgan fingerprint density at radius 2 is 2.27 bits per heavy atom. The van der Waals surface area contributed by atoms with Gasteiger partial charge < -0.3 is 10.4 Å². The normalized spacial score (nSPS) is 14.4. The number of H-pyrrole nitrogens is 1. The summed E-state index contributed by atoms with van der Waals surface area (Å²) < 4.78 is 1.67. The summed E-state index contributed by atoms with van der Waals surface area (Å²) in [6.07, 6.45) is 3.82. The average Bonchev–Trinajstić information content (AvgIpc) is 3.09. The number of hydrogen-bond donors (Lipinski definition) is 3. The van der Waals surface area contributed by atoms with Gasteiger partial charge >= 0.3 is 5.97 Å². The summed E-state index contributed by atoms with van der Waals surface area (Å²) in [5.74, 6) is 0.0386. The van der Waals surface area contributed by atoms with Crippen molar-refractivity contribution in [3.05, 3.63) is 35.5 Å². The first-order valence-electron chi connectivity index (χ1n) is 6.93. The number of nitrogens with zero attached hydrogens (tertiary/aromatic N) is 5. The van der Waals surface area contributed by atoms with E-state index in [4.69, 9.17) is 5.11 Å². The van der Waals surface area contributed by atoms with Gasteiger partial charge in [0.15, 0.2) is 11.3 Å². The zero-order valence-electron chi connectivity index (χ0n) is 11.5. The molecule has 0 saturated heterocycles. The molecule has 4 rings (SSSR count). The van der Waals surface area contributed by atoms with Gasteiger partial charge in [0.1, 0.15) is 6.33 Å². The summed E-state index contributed by atoms with van der Waals surface area (Å²) in [4.78, 5) is 19.2. The van der Waals surface area contributed by atoms with E-state index in [1.807, 2.05) is 6.07 Å². The number of rotatable bonds is 5. The molecule has 0 aromatic carbocycles. The summed E-state index contributed by atoms with van der Waals surface area (Å²) in [7, 11) is 0. The molecule has 1 saturated carbocycles. The lowest BCUT2D eigenvalue weighted by Crippen LogP contribution is -2.08. The lowest BCUT2D eigenvalue weighted by atomic mass is 10.3. The third kappa shape index (κ3) is 2.26. The van der Waals surface area contributed by atoms with Crippen molar-refractivity contribution in [3.8, 4) is 0 Å². The summed E-state index contributed by atoms with van der Waals surface area (Å²) in [5.41, 5.74) is 2.42. The van der Waals surface area contributed by atoms with Gasteiger partial charge in [0.2, 0.25) is 5.95 Å². The minimum atomic E-state index is -1.06. The number of anilines is 1. The fourth-order valence-corrected chi connectivity index (χ4v) is 2.27. The number of aromatic carboxylic acids is 1. The third-order valence-electron chi connectivity index (χ3n) is 3.56. The van der Waals surface area contributed by atoms with E-state index in [0.717, 1.165) is 11.3 Å². The van der Waals surface area contributed by atoms with Crippen LogP contribution in [-0.4, -0.2) is 40.9 Å². The van der Waals surface area contributed by atoms with Crippen LogP contribution in [0.3, 0.4) is 0 Å². The van der Waals surface area contributed by atoms with Gasteiger partial charge in [0.05, 0.1) is 17.9 Å². The quantitative estimate of drug-likeness (QED) is 0.643. The molecule has 3 heterocycles. The largest absolute Gasteiger partial charge is 0.476 e. The van der Waals surface area contributed by atoms with Crippen LogP contribution in [0.15, 0.2) is 18.5 Å². The van der Waals surface area contributed by atoms with E-state index in [-0.39, 0.29) is 5.69 Å². The molecule has 1 aliphatic rings. The van der Waals surface area contributed by atoms with Gasteiger partial charge in [0.25, 0.3) is 0 Å². The van der Waals surface area contributed by atoms with Crippen LogP contribution in [-0.2, 0) is 6.54 Å². The molecule has 9 nitrogen and oxygen atoms in total. The van der Waals surface area contributed by atoms with Crippen molar-refractivity contribution in [2.75, 3.05) is 5.32 Å². The molecule has 0 unspecified atom stereocenters. The highest BCUT2D eigenvalue weighted by molar-refractivity contribution is 5.85. The summed E-state index contributed by atoms with van der Waals surface area (Å²) in [6, 6.07) is 3.45. The van der Waals surface area contributed by atoms with E-state index < -0.39 is 5.97 Å². The topological polar surface area (TPSA) is 121 Å². The standard InChI is InChI=1S/C13H13N7O2/c21-12(22)10-3-8(17-18-10)5-14-13-16-6-15-11-4-9(7-1-2-7)19-20(11)13/h3-4,6-7H,1-2,5H2,(H,17,18)(H,21,22)(H,14,15,16). The molecule has 0 radical (unpaired) electrons. The van der Waals surface area contributed by atoms with Gasteiger partial charge in [-0.05, 0) is 18.9 Å². The zero-order chi connectivity index (χ0) is 15.1. The maximum atomic E-state index is 10.8. The third-order valence-corrected chi connectivity index (χ3v) is 3.56. The van der Waals surface area contributed by atoms with Crippen LogP contribution < -0.4 is 5.32 Å². The van der Waals surface area contributed by atoms with Crippen molar-refractivity contribution in [2.24, 2.45) is 0 Å². The van der Waals surface area contributed by atoms with Gasteiger partial charge in [-0.3, -0.25) is 5.10 Å². The van der Waals surface area contributed by atoms with Gasteiger partial charge in [-0.1, -0.05) is 0 Å².